The summed E-state index contributed by atoms with van der Waals surface area (Å²) in [7, 11) is 0. The number of nitrogens with zero attached hydrogens (tertiary/aromatic N) is 2. The molecule has 1 amide bonds. The minimum atomic E-state index is -0.188. The number of para-hydroxylation sites is 3. The molecule has 2 heterocycles. The van der Waals surface area contributed by atoms with Crippen LogP contribution in [-0.4, -0.2) is 22.1 Å². The minimum absolute atomic E-state index is 0.0182. The number of amides is 1. The molecule has 28 heavy (non-hydrogen) atoms. The normalized spacial score (nSPS) is 15.6. The van der Waals surface area contributed by atoms with Gasteiger partial charge in [0, 0.05) is 11.4 Å². The molecule has 0 aliphatic carbocycles. The molecule has 1 atom stereocenters. The summed E-state index contributed by atoms with van der Waals surface area (Å²) >= 11 is 0. The summed E-state index contributed by atoms with van der Waals surface area (Å²) in [6.07, 6.45) is 2.51. The minimum Gasteiger partial charge on any atom is -0.492 e. The maximum Gasteiger partial charge on any atom is 0.231 e. The zero-order chi connectivity index (χ0) is 18.9. The molecule has 1 aromatic heterocycles. The lowest BCUT2D eigenvalue weighted by atomic mass is 9.96. The number of imidazole rings is 1. The van der Waals surface area contributed by atoms with Gasteiger partial charge in [0.25, 0.3) is 0 Å². The van der Waals surface area contributed by atoms with E-state index in [4.69, 9.17) is 4.74 Å². The van der Waals surface area contributed by atoms with Gasteiger partial charge in [-0.25, -0.2) is 4.98 Å². The molecule has 1 aliphatic rings. The van der Waals surface area contributed by atoms with Gasteiger partial charge < -0.3 is 10.1 Å². The molecular formula is C23H19N3O2. The van der Waals surface area contributed by atoms with Crippen LogP contribution in [0.2, 0.25) is 0 Å². The summed E-state index contributed by atoms with van der Waals surface area (Å²) in [4.78, 5) is 17.1. The molecule has 0 saturated carbocycles. The summed E-state index contributed by atoms with van der Waals surface area (Å²) in [6.45, 7) is 0.405. The number of fused-ring (bicyclic) bond motifs is 2. The Morgan fingerprint density at radius 3 is 2.68 bits per heavy atom. The van der Waals surface area contributed by atoms with E-state index < -0.39 is 0 Å². The van der Waals surface area contributed by atoms with Crippen LogP contribution in [0, 0.1) is 5.92 Å². The third kappa shape index (κ3) is 3.01. The van der Waals surface area contributed by atoms with Crippen molar-refractivity contribution < 1.29 is 9.53 Å². The second kappa shape index (κ2) is 6.85. The number of carbonyl (C=O) groups excluding carboxylic acids is 1. The summed E-state index contributed by atoms with van der Waals surface area (Å²) in [5.74, 6) is 0.672. The van der Waals surface area contributed by atoms with Gasteiger partial charge in [0.2, 0.25) is 5.91 Å². The number of hydrogen-bond acceptors (Lipinski definition) is 3. The molecule has 5 heteroatoms. The number of benzene rings is 3. The van der Waals surface area contributed by atoms with E-state index in [-0.39, 0.29) is 11.8 Å². The van der Waals surface area contributed by atoms with Crippen molar-refractivity contribution in [3.05, 3.63) is 84.7 Å². The van der Waals surface area contributed by atoms with E-state index in [2.05, 4.69) is 10.3 Å². The topological polar surface area (TPSA) is 56.2 Å². The molecule has 0 saturated heterocycles. The predicted octanol–water partition coefficient (Wildman–Crippen LogP) is 4.22. The van der Waals surface area contributed by atoms with Crippen molar-refractivity contribution in [1.82, 2.24) is 9.55 Å². The molecule has 1 unspecified atom stereocenters. The zero-order valence-electron chi connectivity index (χ0n) is 15.2. The number of hydrogen-bond donors (Lipinski definition) is 1. The molecule has 138 valence electrons. The number of anilines is 1. The molecule has 5 rings (SSSR count). The van der Waals surface area contributed by atoms with Crippen molar-refractivity contribution in [3.63, 3.8) is 0 Å². The van der Waals surface area contributed by atoms with Crippen LogP contribution in [-0.2, 0) is 11.2 Å². The average molecular weight is 369 g/mol. The summed E-state index contributed by atoms with van der Waals surface area (Å²) in [5.41, 5.74) is 4.87. The van der Waals surface area contributed by atoms with Gasteiger partial charge in [0.15, 0.2) is 0 Å². The Kier molecular flexibility index (Phi) is 4.05. The fourth-order valence-electron chi connectivity index (χ4n) is 3.61. The van der Waals surface area contributed by atoms with E-state index in [0.29, 0.717) is 13.0 Å². The van der Waals surface area contributed by atoms with Gasteiger partial charge in [-0.05, 0) is 54.4 Å². The Labute approximate surface area is 162 Å². The van der Waals surface area contributed by atoms with Gasteiger partial charge in [-0.15, -0.1) is 0 Å². The molecule has 4 aromatic rings. The number of carbonyl (C=O) groups is 1. The Morgan fingerprint density at radius 2 is 1.79 bits per heavy atom. The molecular weight excluding hydrogens is 350 g/mol. The highest BCUT2D eigenvalue weighted by atomic mass is 16.5. The first-order valence-corrected chi connectivity index (χ1v) is 9.32. The largest absolute Gasteiger partial charge is 0.492 e. The smallest absolute Gasteiger partial charge is 0.231 e. The Morgan fingerprint density at radius 1 is 1.00 bits per heavy atom. The predicted molar refractivity (Wildman–Crippen MR) is 109 cm³/mol. The average Bonchev–Trinajstić information content (AvgIpc) is 3.18. The molecule has 0 spiro atoms. The highest BCUT2D eigenvalue weighted by molar-refractivity contribution is 5.93. The van der Waals surface area contributed by atoms with Crippen molar-refractivity contribution >= 4 is 22.6 Å². The molecule has 0 bridgehead atoms. The lowest BCUT2D eigenvalue weighted by Crippen LogP contribution is -2.32. The van der Waals surface area contributed by atoms with Gasteiger partial charge in [0.05, 0.1) is 17.0 Å². The van der Waals surface area contributed by atoms with Crippen LogP contribution < -0.4 is 10.1 Å². The van der Waals surface area contributed by atoms with E-state index in [1.165, 1.54) is 0 Å². The van der Waals surface area contributed by atoms with Gasteiger partial charge in [-0.2, -0.15) is 0 Å². The van der Waals surface area contributed by atoms with Crippen molar-refractivity contribution in [2.45, 2.75) is 6.42 Å². The first-order chi connectivity index (χ1) is 13.8. The van der Waals surface area contributed by atoms with E-state index >= 15 is 0 Å². The van der Waals surface area contributed by atoms with E-state index in [1.807, 2.05) is 83.7 Å². The lowest BCUT2D eigenvalue weighted by Gasteiger charge is -2.24. The monoisotopic (exact) mass is 369 g/mol. The third-order valence-corrected chi connectivity index (χ3v) is 5.12. The number of rotatable bonds is 3. The molecule has 0 fully saturated rings. The van der Waals surface area contributed by atoms with Crippen LogP contribution >= 0.6 is 0 Å². The number of aromatic nitrogens is 2. The van der Waals surface area contributed by atoms with Crippen LogP contribution in [0.5, 0.6) is 5.75 Å². The van der Waals surface area contributed by atoms with Gasteiger partial charge in [0.1, 0.15) is 18.7 Å². The van der Waals surface area contributed by atoms with E-state index in [0.717, 1.165) is 33.7 Å². The van der Waals surface area contributed by atoms with Gasteiger partial charge in [-0.1, -0.05) is 30.3 Å². The molecule has 1 N–H and O–H groups in total. The highest BCUT2D eigenvalue weighted by Gasteiger charge is 2.25. The van der Waals surface area contributed by atoms with Crippen LogP contribution in [0.1, 0.15) is 5.56 Å². The quantitative estimate of drug-likeness (QED) is 0.588. The van der Waals surface area contributed by atoms with Crippen LogP contribution in [0.15, 0.2) is 79.1 Å². The Balaban J connectivity index is 1.31. The standard InChI is InChI=1S/C23H19N3O2/c27-23(17-13-16-5-1-4-8-22(16)28-14-17)25-18-9-11-19(12-10-18)26-15-24-20-6-2-3-7-21(20)26/h1-12,15,17H,13-14H2,(H,25,27). The third-order valence-electron chi connectivity index (χ3n) is 5.12. The first-order valence-electron chi connectivity index (χ1n) is 9.32. The highest BCUT2D eigenvalue weighted by Crippen LogP contribution is 2.27. The van der Waals surface area contributed by atoms with E-state index in [9.17, 15) is 4.79 Å². The number of nitrogens with one attached hydrogen (secondary N) is 1. The maximum atomic E-state index is 12.7. The zero-order valence-corrected chi connectivity index (χ0v) is 15.2. The summed E-state index contributed by atoms with van der Waals surface area (Å²) < 4.78 is 7.77. The van der Waals surface area contributed by atoms with Crippen LogP contribution in [0.25, 0.3) is 16.7 Å². The molecule has 5 nitrogen and oxygen atoms in total. The van der Waals surface area contributed by atoms with Gasteiger partial charge in [-0.3, -0.25) is 9.36 Å². The SMILES string of the molecule is O=C(Nc1ccc(-n2cnc3ccccc32)cc1)C1COc2ccccc2C1. The van der Waals surface area contributed by atoms with Crippen molar-refractivity contribution in [2.24, 2.45) is 5.92 Å². The second-order valence-electron chi connectivity index (χ2n) is 6.96. The lowest BCUT2D eigenvalue weighted by molar-refractivity contribution is -0.121. The van der Waals surface area contributed by atoms with Crippen LogP contribution in [0.3, 0.4) is 0 Å². The Hall–Kier alpha value is -3.60. The Bertz CT molecular complexity index is 1150. The second-order valence-corrected chi connectivity index (χ2v) is 6.96. The number of ether oxygens (including phenoxy) is 1. The molecule has 0 radical (unpaired) electrons. The van der Waals surface area contributed by atoms with Crippen LogP contribution in [0.4, 0.5) is 5.69 Å². The fraction of sp³-hybridized carbons (Fsp3) is 0.130. The fourth-order valence-corrected chi connectivity index (χ4v) is 3.61. The first kappa shape index (κ1) is 16.6. The molecule has 3 aromatic carbocycles. The summed E-state index contributed by atoms with van der Waals surface area (Å²) in [5, 5.41) is 3.01. The van der Waals surface area contributed by atoms with Crippen molar-refractivity contribution in [1.29, 1.82) is 0 Å². The van der Waals surface area contributed by atoms with E-state index in [1.54, 1.807) is 0 Å². The van der Waals surface area contributed by atoms with Crippen molar-refractivity contribution in [3.8, 4) is 11.4 Å². The van der Waals surface area contributed by atoms with Crippen molar-refractivity contribution in [2.75, 3.05) is 11.9 Å². The molecule has 1 aliphatic heterocycles. The summed E-state index contributed by atoms with van der Waals surface area (Å²) in [6, 6.07) is 23.7. The maximum absolute atomic E-state index is 12.7. The van der Waals surface area contributed by atoms with Gasteiger partial charge >= 0.3 is 0 Å².